The zero-order valence-corrected chi connectivity index (χ0v) is 14.0. The molecule has 2 heterocycles. The van der Waals surface area contributed by atoms with Crippen molar-refractivity contribution in [2.45, 2.75) is 31.8 Å². The lowest BCUT2D eigenvalue weighted by Gasteiger charge is -2.35. The van der Waals surface area contributed by atoms with E-state index >= 15 is 0 Å². The third kappa shape index (κ3) is 4.92. The van der Waals surface area contributed by atoms with E-state index in [2.05, 4.69) is 15.5 Å². The van der Waals surface area contributed by atoms with Gasteiger partial charge in [-0.3, -0.25) is 4.90 Å². The lowest BCUT2D eigenvalue weighted by Crippen LogP contribution is -2.45. The second kappa shape index (κ2) is 8.44. The molecular formula is C18H26FN3O2. The molecule has 2 fully saturated rings. The molecule has 2 saturated heterocycles. The van der Waals surface area contributed by atoms with Crippen molar-refractivity contribution in [3.8, 4) is 0 Å². The van der Waals surface area contributed by atoms with Crippen LogP contribution in [0.2, 0.25) is 0 Å². The van der Waals surface area contributed by atoms with Gasteiger partial charge in [0.05, 0.1) is 6.61 Å². The normalized spacial score (nSPS) is 22.5. The first-order valence-corrected chi connectivity index (χ1v) is 8.78. The molecule has 1 aromatic carbocycles. The van der Waals surface area contributed by atoms with Gasteiger partial charge in [0.2, 0.25) is 0 Å². The van der Waals surface area contributed by atoms with Gasteiger partial charge < -0.3 is 15.4 Å². The average molecular weight is 335 g/mol. The van der Waals surface area contributed by atoms with Crippen LogP contribution in [0.25, 0.3) is 0 Å². The number of hydrogen-bond acceptors (Lipinski definition) is 3. The minimum absolute atomic E-state index is 0.161. The summed E-state index contributed by atoms with van der Waals surface area (Å²) in [7, 11) is 0. The SMILES string of the molecule is O=C(NCc1ccc(F)cc1)NCC1CCN(C2CCOC2)CC1. The third-order valence-corrected chi connectivity index (χ3v) is 4.99. The Morgan fingerprint density at radius 1 is 1.17 bits per heavy atom. The molecular weight excluding hydrogens is 309 g/mol. The van der Waals surface area contributed by atoms with Crippen molar-refractivity contribution in [2.75, 3.05) is 32.8 Å². The minimum atomic E-state index is -0.265. The molecule has 6 heteroatoms. The lowest BCUT2D eigenvalue weighted by molar-refractivity contribution is 0.110. The third-order valence-electron chi connectivity index (χ3n) is 4.99. The molecule has 0 radical (unpaired) electrons. The zero-order valence-electron chi connectivity index (χ0n) is 14.0. The zero-order chi connectivity index (χ0) is 16.8. The summed E-state index contributed by atoms with van der Waals surface area (Å²) in [6.45, 7) is 5.07. The highest BCUT2D eigenvalue weighted by Crippen LogP contribution is 2.21. The van der Waals surface area contributed by atoms with Gasteiger partial charge in [0.15, 0.2) is 0 Å². The Morgan fingerprint density at radius 2 is 1.92 bits per heavy atom. The van der Waals surface area contributed by atoms with Crippen molar-refractivity contribution >= 4 is 6.03 Å². The minimum Gasteiger partial charge on any atom is -0.380 e. The number of benzene rings is 1. The number of hydrogen-bond donors (Lipinski definition) is 2. The van der Waals surface area contributed by atoms with Crippen LogP contribution in [-0.4, -0.2) is 49.8 Å². The number of halogens is 1. The number of nitrogens with zero attached hydrogens (tertiary/aromatic N) is 1. The van der Waals surface area contributed by atoms with Gasteiger partial charge in [-0.05, 0) is 56.0 Å². The number of likely N-dealkylation sites (tertiary alicyclic amines) is 1. The van der Waals surface area contributed by atoms with Gasteiger partial charge >= 0.3 is 6.03 Å². The molecule has 24 heavy (non-hydrogen) atoms. The van der Waals surface area contributed by atoms with Crippen molar-refractivity contribution in [3.63, 3.8) is 0 Å². The number of carbonyl (C=O) groups excluding carboxylic acids is 1. The summed E-state index contributed by atoms with van der Waals surface area (Å²) in [6, 6.07) is 6.59. The van der Waals surface area contributed by atoms with Gasteiger partial charge in [-0.1, -0.05) is 12.1 Å². The summed E-state index contributed by atoms with van der Waals surface area (Å²) >= 11 is 0. The summed E-state index contributed by atoms with van der Waals surface area (Å²) in [5.74, 6) is 0.277. The van der Waals surface area contributed by atoms with Crippen molar-refractivity contribution in [3.05, 3.63) is 35.6 Å². The molecule has 0 spiro atoms. The number of nitrogens with one attached hydrogen (secondary N) is 2. The quantitative estimate of drug-likeness (QED) is 0.867. The van der Waals surface area contributed by atoms with Crippen LogP contribution >= 0.6 is 0 Å². The Bertz CT molecular complexity index is 524. The van der Waals surface area contributed by atoms with E-state index in [9.17, 15) is 9.18 Å². The first-order chi connectivity index (χ1) is 11.7. The Hall–Kier alpha value is -1.66. The van der Waals surface area contributed by atoms with Gasteiger partial charge in [0, 0.05) is 25.7 Å². The van der Waals surface area contributed by atoms with E-state index in [1.165, 1.54) is 12.1 Å². The Labute approximate surface area is 142 Å². The molecule has 132 valence electrons. The molecule has 0 bridgehead atoms. The van der Waals surface area contributed by atoms with Crippen molar-refractivity contribution in [2.24, 2.45) is 5.92 Å². The van der Waals surface area contributed by atoms with E-state index in [4.69, 9.17) is 4.74 Å². The van der Waals surface area contributed by atoms with Crippen LogP contribution in [-0.2, 0) is 11.3 Å². The number of urea groups is 1. The van der Waals surface area contributed by atoms with Gasteiger partial charge in [-0.25, -0.2) is 9.18 Å². The van der Waals surface area contributed by atoms with Crippen LogP contribution in [0.15, 0.2) is 24.3 Å². The molecule has 0 saturated carbocycles. The summed E-state index contributed by atoms with van der Waals surface area (Å²) in [4.78, 5) is 14.4. The van der Waals surface area contributed by atoms with Gasteiger partial charge in [0.1, 0.15) is 5.82 Å². The molecule has 0 aromatic heterocycles. The van der Waals surface area contributed by atoms with Crippen LogP contribution < -0.4 is 10.6 Å². The summed E-state index contributed by atoms with van der Waals surface area (Å²) in [5.41, 5.74) is 0.888. The highest BCUT2D eigenvalue weighted by atomic mass is 19.1. The van der Waals surface area contributed by atoms with Crippen LogP contribution in [0.1, 0.15) is 24.8 Å². The van der Waals surface area contributed by atoms with Crippen molar-refractivity contribution in [1.29, 1.82) is 0 Å². The van der Waals surface area contributed by atoms with Crippen LogP contribution in [0.4, 0.5) is 9.18 Å². The molecule has 1 aromatic rings. The van der Waals surface area contributed by atoms with Crippen LogP contribution in [0.3, 0.4) is 0 Å². The maximum atomic E-state index is 12.8. The summed E-state index contributed by atoms with van der Waals surface area (Å²) in [6.07, 6.45) is 3.39. The molecule has 5 nitrogen and oxygen atoms in total. The second-order valence-electron chi connectivity index (χ2n) is 6.69. The Balaban J connectivity index is 1.31. The Morgan fingerprint density at radius 3 is 2.58 bits per heavy atom. The number of carbonyl (C=O) groups is 1. The average Bonchev–Trinajstić information content (AvgIpc) is 3.14. The molecule has 1 unspecified atom stereocenters. The smallest absolute Gasteiger partial charge is 0.315 e. The maximum absolute atomic E-state index is 12.8. The standard InChI is InChI=1S/C18H26FN3O2/c19-16-3-1-14(2-4-16)11-20-18(23)21-12-15-5-8-22(9-6-15)17-7-10-24-13-17/h1-4,15,17H,5-13H2,(H2,20,21,23). The van der Waals surface area contributed by atoms with Crippen molar-refractivity contribution < 1.29 is 13.9 Å². The van der Waals surface area contributed by atoms with Crippen LogP contribution in [0, 0.1) is 11.7 Å². The van der Waals surface area contributed by atoms with Gasteiger partial charge in [-0.15, -0.1) is 0 Å². The fraction of sp³-hybridized carbons (Fsp3) is 0.611. The van der Waals surface area contributed by atoms with E-state index in [1.54, 1.807) is 12.1 Å². The topological polar surface area (TPSA) is 53.6 Å². The number of rotatable bonds is 5. The largest absolute Gasteiger partial charge is 0.380 e. The monoisotopic (exact) mass is 335 g/mol. The molecule has 2 amide bonds. The lowest BCUT2D eigenvalue weighted by atomic mass is 9.95. The maximum Gasteiger partial charge on any atom is 0.315 e. The first kappa shape index (κ1) is 17.2. The first-order valence-electron chi connectivity index (χ1n) is 8.78. The van der Waals surface area contributed by atoms with E-state index in [0.29, 0.717) is 25.0 Å². The predicted octanol–water partition coefficient (Wildman–Crippen LogP) is 2.13. The Kier molecular flexibility index (Phi) is 6.04. The van der Waals surface area contributed by atoms with Crippen LogP contribution in [0.5, 0.6) is 0 Å². The number of ether oxygens (including phenoxy) is 1. The molecule has 3 rings (SSSR count). The molecule has 2 N–H and O–H groups in total. The van der Waals surface area contributed by atoms with Gasteiger partial charge in [0.25, 0.3) is 0 Å². The summed E-state index contributed by atoms with van der Waals surface area (Å²) < 4.78 is 18.3. The highest BCUT2D eigenvalue weighted by molar-refractivity contribution is 5.73. The van der Waals surface area contributed by atoms with E-state index in [1.807, 2.05) is 0 Å². The van der Waals surface area contributed by atoms with E-state index < -0.39 is 0 Å². The summed E-state index contributed by atoms with van der Waals surface area (Å²) in [5, 5.41) is 5.76. The number of amides is 2. The van der Waals surface area contributed by atoms with Crippen molar-refractivity contribution in [1.82, 2.24) is 15.5 Å². The second-order valence-corrected chi connectivity index (χ2v) is 6.69. The molecule has 2 aliphatic heterocycles. The van der Waals surface area contributed by atoms with E-state index in [0.717, 1.165) is 51.1 Å². The van der Waals surface area contributed by atoms with E-state index in [-0.39, 0.29) is 11.8 Å². The number of piperidine rings is 1. The van der Waals surface area contributed by atoms with Gasteiger partial charge in [-0.2, -0.15) is 0 Å². The molecule has 0 aliphatic carbocycles. The fourth-order valence-electron chi connectivity index (χ4n) is 3.42. The molecule has 2 aliphatic rings. The predicted molar refractivity (Wildman–Crippen MR) is 90.2 cm³/mol. The fourth-order valence-corrected chi connectivity index (χ4v) is 3.42. The highest BCUT2D eigenvalue weighted by Gasteiger charge is 2.27. The molecule has 1 atom stereocenters.